The van der Waals surface area contributed by atoms with Crippen LogP contribution in [0, 0.1) is 5.92 Å². The molecule has 0 saturated carbocycles. The zero-order valence-electron chi connectivity index (χ0n) is 18.9. The van der Waals surface area contributed by atoms with Crippen LogP contribution in [0.15, 0.2) is 64.5 Å². The third-order valence-corrected chi connectivity index (χ3v) is 7.24. The van der Waals surface area contributed by atoms with Gasteiger partial charge >= 0.3 is 0 Å². The third-order valence-electron chi connectivity index (χ3n) is 5.41. The summed E-state index contributed by atoms with van der Waals surface area (Å²) in [5, 5.41) is 3.39. The van der Waals surface area contributed by atoms with Crippen LogP contribution < -0.4 is 5.32 Å². The number of ether oxygens (including phenoxy) is 1. The summed E-state index contributed by atoms with van der Waals surface area (Å²) >= 11 is 0. The Morgan fingerprint density at radius 3 is 2.44 bits per heavy atom. The first-order valence-corrected chi connectivity index (χ1v) is 11.9. The number of halogens is 1. The van der Waals surface area contributed by atoms with Crippen molar-refractivity contribution >= 4 is 40.0 Å². The summed E-state index contributed by atoms with van der Waals surface area (Å²) in [5.41, 5.74) is 2.19. The van der Waals surface area contributed by atoms with Crippen LogP contribution in [0.4, 0.5) is 0 Å². The van der Waals surface area contributed by atoms with Gasteiger partial charge in [-0.2, -0.15) is 0 Å². The molecule has 1 saturated heterocycles. The number of likely N-dealkylation sites (tertiary alicyclic amines) is 1. The van der Waals surface area contributed by atoms with Crippen LogP contribution in [0.1, 0.15) is 17.5 Å². The Kier molecular flexibility index (Phi) is 10.4. The van der Waals surface area contributed by atoms with Gasteiger partial charge in [-0.15, -0.1) is 24.0 Å². The molecule has 0 spiro atoms. The summed E-state index contributed by atoms with van der Waals surface area (Å²) in [6, 6.07) is 17.2. The van der Waals surface area contributed by atoms with Crippen molar-refractivity contribution in [2.24, 2.45) is 10.9 Å². The van der Waals surface area contributed by atoms with Crippen LogP contribution >= 0.6 is 24.0 Å². The molecule has 0 amide bonds. The molecule has 1 aliphatic heterocycles. The van der Waals surface area contributed by atoms with E-state index < -0.39 is 10.0 Å². The van der Waals surface area contributed by atoms with Crippen LogP contribution in [0.2, 0.25) is 0 Å². The molecule has 1 N–H and O–H groups in total. The van der Waals surface area contributed by atoms with E-state index in [9.17, 15) is 8.42 Å². The lowest BCUT2D eigenvalue weighted by Gasteiger charge is -2.22. The highest BCUT2D eigenvalue weighted by atomic mass is 127. The summed E-state index contributed by atoms with van der Waals surface area (Å²) in [5.74, 6) is 1.34. The van der Waals surface area contributed by atoms with Gasteiger partial charge in [-0.1, -0.05) is 42.5 Å². The first-order valence-electron chi connectivity index (χ1n) is 10.5. The number of benzene rings is 2. The van der Waals surface area contributed by atoms with Crippen molar-refractivity contribution in [1.82, 2.24) is 14.5 Å². The maximum absolute atomic E-state index is 12.2. The predicted octanol–water partition coefficient (Wildman–Crippen LogP) is 3.17. The number of nitrogens with one attached hydrogen (secondary N) is 1. The van der Waals surface area contributed by atoms with Gasteiger partial charge < -0.3 is 15.0 Å². The maximum Gasteiger partial charge on any atom is 0.242 e. The van der Waals surface area contributed by atoms with Gasteiger partial charge in [-0.05, 0) is 29.7 Å². The normalized spacial score (nSPS) is 16.8. The number of aliphatic imine (C=N–C) groups is 1. The number of rotatable bonds is 8. The number of nitrogens with zero attached hydrogens (tertiary/aromatic N) is 3. The van der Waals surface area contributed by atoms with Crippen LogP contribution in [0.25, 0.3) is 0 Å². The van der Waals surface area contributed by atoms with Gasteiger partial charge in [0.05, 0.1) is 18.1 Å². The van der Waals surface area contributed by atoms with E-state index in [-0.39, 0.29) is 24.0 Å². The van der Waals surface area contributed by atoms with E-state index in [1.165, 1.54) is 24.0 Å². The minimum Gasteiger partial charge on any atom is -0.376 e. The second-order valence-electron chi connectivity index (χ2n) is 7.93. The van der Waals surface area contributed by atoms with Crippen molar-refractivity contribution in [2.45, 2.75) is 24.5 Å². The summed E-state index contributed by atoms with van der Waals surface area (Å²) in [6.45, 7) is 3.82. The summed E-state index contributed by atoms with van der Waals surface area (Å²) in [4.78, 5) is 6.96. The fraction of sp³-hybridized carbons (Fsp3) is 0.435. The van der Waals surface area contributed by atoms with Gasteiger partial charge in [0.15, 0.2) is 5.96 Å². The summed E-state index contributed by atoms with van der Waals surface area (Å²) in [7, 11) is 1.45. The Morgan fingerprint density at radius 1 is 1.12 bits per heavy atom. The second kappa shape index (κ2) is 12.5. The highest BCUT2D eigenvalue weighted by Crippen LogP contribution is 2.18. The molecule has 0 radical (unpaired) electrons. The molecule has 1 fully saturated rings. The lowest BCUT2D eigenvalue weighted by molar-refractivity contribution is 0.0906. The van der Waals surface area contributed by atoms with Gasteiger partial charge in [0, 0.05) is 46.7 Å². The molecule has 176 valence electrons. The molecule has 0 bridgehead atoms. The van der Waals surface area contributed by atoms with Gasteiger partial charge in [-0.3, -0.25) is 4.99 Å². The predicted molar refractivity (Wildman–Crippen MR) is 139 cm³/mol. The van der Waals surface area contributed by atoms with E-state index in [0.717, 1.165) is 37.6 Å². The van der Waals surface area contributed by atoms with Crippen molar-refractivity contribution in [2.75, 3.05) is 40.8 Å². The van der Waals surface area contributed by atoms with Gasteiger partial charge in [-0.25, -0.2) is 12.7 Å². The molecule has 2 aromatic carbocycles. The Morgan fingerprint density at radius 2 is 1.81 bits per heavy atom. The maximum atomic E-state index is 12.2. The summed E-state index contributed by atoms with van der Waals surface area (Å²) < 4.78 is 31.5. The Hall–Kier alpha value is -1.69. The first-order chi connectivity index (χ1) is 14.9. The molecule has 0 aliphatic carbocycles. The van der Waals surface area contributed by atoms with E-state index in [1.54, 1.807) is 19.2 Å². The molecular formula is C23H33IN4O3S. The number of hydrogen-bond donors (Lipinski definition) is 1. The molecule has 32 heavy (non-hydrogen) atoms. The smallest absolute Gasteiger partial charge is 0.242 e. The van der Waals surface area contributed by atoms with Crippen LogP contribution in [0.3, 0.4) is 0 Å². The second-order valence-corrected chi connectivity index (χ2v) is 10.1. The van der Waals surface area contributed by atoms with Crippen molar-refractivity contribution in [1.29, 1.82) is 0 Å². The van der Waals surface area contributed by atoms with Gasteiger partial charge in [0.25, 0.3) is 0 Å². The van der Waals surface area contributed by atoms with Crippen molar-refractivity contribution in [3.05, 3.63) is 65.7 Å². The van der Waals surface area contributed by atoms with Gasteiger partial charge in [0.1, 0.15) is 0 Å². The molecule has 3 rings (SSSR count). The molecule has 7 nitrogen and oxygen atoms in total. The Bertz CT molecular complexity index is 966. The molecular weight excluding hydrogens is 539 g/mol. The number of guanidine groups is 1. The molecule has 9 heteroatoms. The molecule has 1 aliphatic rings. The standard InChI is InChI=1S/C23H32N4O3S.HI/c1-24-23(25-15-19-9-11-22(12-10-19)31(28,29)26(2)3)27-14-13-21(16-27)18-30-17-20-7-5-4-6-8-20;/h4-12,21H,13-18H2,1-3H3,(H,24,25);1H. The largest absolute Gasteiger partial charge is 0.376 e. The lowest BCUT2D eigenvalue weighted by atomic mass is 10.1. The monoisotopic (exact) mass is 572 g/mol. The zero-order valence-corrected chi connectivity index (χ0v) is 22.0. The van der Waals surface area contributed by atoms with Crippen molar-refractivity contribution in [3.8, 4) is 0 Å². The van der Waals surface area contributed by atoms with Gasteiger partial charge in [0.2, 0.25) is 10.0 Å². The van der Waals surface area contributed by atoms with E-state index in [4.69, 9.17) is 4.74 Å². The minimum absolute atomic E-state index is 0. The average Bonchev–Trinajstić information content (AvgIpc) is 3.24. The average molecular weight is 573 g/mol. The molecule has 1 heterocycles. The van der Waals surface area contributed by atoms with E-state index >= 15 is 0 Å². The molecule has 2 aromatic rings. The number of sulfonamides is 1. The van der Waals surface area contributed by atoms with E-state index in [1.807, 2.05) is 30.3 Å². The van der Waals surface area contributed by atoms with Crippen LogP contribution in [0.5, 0.6) is 0 Å². The fourth-order valence-corrected chi connectivity index (χ4v) is 4.48. The third kappa shape index (κ3) is 7.16. The highest BCUT2D eigenvalue weighted by molar-refractivity contribution is 14.0. The molecule has 1 atom stereocenters. The first kappa shape index (κ1) is 26.6. The van der Waals surface area contributed by atoms with E-state index in [0.29, 0.717) is 24.0 Å². The summed E-state index contributed by atoms with van der Waals surface area (Å²) in [6.07, 6.45) is 1.08. The van der Waals surface area contributed by atoms with Crippen molar-refractivity contribution in [3.63, 3.8) is 0 Å². The Balaban J connectivity index is 0.00000363. The lowest BCUT2D eigenvalue weighted by Crippen LogP contribution is -2.39. The fourth-order valence-electron chi connectivity index (χ4n) is 3.58. The number of hydrogen-bond acceptors (Lipinski definition) is 4. The van der Waals surface area contributed by atoms with E-state index in [2.05, 4.69) is 27.3 Å². The molecule has 1 unspecified atom stereocenters. The van der Waals surface area contributed by atoms with Crippen LogP contribution in [-0.4, -0.2) is 64.4 Å². The SMILES string of the molecule is CN=C(NCc1ccc(S(=O)(=O)N(C)C)cc1)N1CCC(COCc2ccccc2)C1.I. The topological polar surface area (TPSA) is 74.2 Å². The highest BCUT2D eigenvalue weighted by Gasteiger charge is 2.25. The van der Waals surface area contributed by atoms with Crippen molar-refractivity contribution < 1.29 is 13.2 Å². The Labute approximate surface area is 208 Å². The quantitative estimate of drug-likeness (QED) is 0.299. The minimum atomic E-state index is -3.41. The van der Waals surface area contributed by atoms with Crippen LogP contribution in [-0.2, 0) is 27.9 Å². The molecule has 0 aromatic heterocycles. The zero-order chi connectivity index (χ0) is 22.3.